The molecule has 0 radical (unpaired) electrons. The number of para-hydroxylation sites is 1. The molecule has 0 aliphatic carbocycles. The Kier molecular flexibility index (Phi) is 10.0. The first kappa shape index (κ1) is 38.1. The number of benzene rings is 5. The number of ether oxygens (including phenoxy) is 2. The average Bonchev–Trinajstić information content (AvgIpc) is 3.66. The third-order valence-corrected chi connectivity index (χ3v) is 16.8. The summed E-state index contributed by atoms with van der Waals surface area (Å²) in [6.45, 7) is 6.86. The zero-order valence-corrected chi connectivity index (χ0v) is 33.6. The second-order valence-corrected chi connectivity index (χ2v) is 20.7. The number of amides is 3. The molecule has 1 fully saturated rings. The molecule has 3 aliphatic rings. The van der Waals surface area contributed by atoms with Crippen LogP contribution in [0.1, 0.15) is 40.4 Å². The highest BCUT2D eigenvalue weighted by atomic mass is 28.3. The number of aliphatic hydroxyl groups is 1. The molecule has 1 saturated heterocycles. The molecule has 3 aliphatic heterocycles. The Balaban J connectivity index is 1.23. The molecule has 3 amide bonds. The number of carbonyl (C=O) groups excluding carboxylic acids is 3. The number of hydrogen-bond acceptors (Lipinski definition) is 7. The molecule has 292 valence electrons. The molecule has 0 unspecified atom stereocenters. The van der Waals surface area contributed by atoms with Crippen LogP contribution in [-0.2, 0) is 32.9 Å². The highest BCUT2D eigenvalue weighted by molar-refractivity contribution is 6.91. The van der Waals surface area contributed by atoms with Gasteiger partial charge < -0.3 is 30.5 Å². The normalized spacial score (nSPS) is 22.6. The molecular weight excluding hydrogens is 733 g/mol. The van der Waals surface area contributed by atoms with Crippen LogP contribution in [0, 0.1) is 5.92 Å². The fraction of sp³-hybridized carbons (Fsp3) is 0.283. The fourth-order valence-corrected chi connectivity index (χ4v) is 13.5. The minimum Gasteiger partial charge on any atom is -0.497 e. The van der Waals surface area contributed by atoms with E-state index in [9.17, 15) is 14.7 Å². The number of fused-ring (bicyclic) bond motifs is 3. The first-order valence-corrected chi connectivity index (χ1v) is 22.5. The Morgan fingerprint density at radius 2 is 1.61 bits per heavy atom. The number of aliphatic hydroxyl groups excluding tert-OH is 1. The molecule has 5 atom stereocenters. The summed E-state index contributed by atoms with van der Waals surface area (Å²) < 4.78 is 12.8. The van der Waals surface area contributed by atoms with E-state index in [2.05, 4.69) is 43.5 Å². The van der Waals surface area contributed by atoms with Gasteiger partial charge in [-0.3, -0.25) is 19.3 Å². The maximum Gasteiger partial charge on any atom is 0.268 e. The van der Waals surface area contributed by atoms with Crippen LogP contribution in [0.2, 0.25) is 18.6 Å². The lowest BCUT2D eigenvalue weighted by Gasteiger charge is -2.39. The van der Waals surface area contributed by atoms with Gasteiger partial charge in [0.25, 0.3) is 11.8 Å². The minimum atomic E-state index is -2.59. The molecule has 10 nitrogen and oxygen atoms in total. The number of rotatable bonds is 9. The van der Waals surface area contributed by atoms with Crippen molar-refractivity contribution in [3.05, 3.63) is 144 Å². The molecule has 8 rings (SSSR count). The molecule has 1 spiro atoms. The molecule has 57 heavy (non-hydrogen) atoms. The minimum absolute atomic E-state index is 0.0313. The monoisotopic (exact) mass is 780 g/mol. The maximum absolute atomic E-state index is 15.4. The van der Waals surface area contributed by atoms with Gasteiger partial charge in [-0.05, 0) is 89.8 Å². The number of anilines is 4. The predicted molar refractivity (Wildman–Crippen MR) is 225 cm³/mol. The van der Waals surface area contributed by atoms with E-state index in [0.29, 0.717) is 46.8 Å². The van der Waals surface area contributed by atoms with Crippen molar-refractivity contribution in [1.82, 2.24) is 4.90 Å². The van der Waals surface area contributed by atoms with Crippen molar-refractivity contribution in [2.75, 3.05) is 29.7 Å². The number of nitrogen functional groups attached to an aromatic ring is 1. The van der Waals surface area contributed by atoms with E-state index in [-0.39, 0.29) is 42.3 Å². The van der Waals surface area contributed by atoms with Crippen LogP contribution >= 0.6 is 0 Å². The van der Waals surface area contributed by atoms with Crippen molar-refractivity contribution < 1.29 is 29.0 Å². The van der Waals surface area contributed by atoms with Crippen molar-refractivity contribution in [1.29, 1.82) is 0 Å². The molecule has 5 aromatic carbocycles. The zero-order valence-electron chi connectivity index (χ0n) is 32.6. The third-order valence-electron chi connectivity index (χ3n) is 12.5. The summed E-state index contributed by atoms with van der Waals surface area (Å²) in [5.74, 6) is -0.326. The van der Waals surface area contributed by atoms with Gasteiger partial charge in [-0.25, -0.2) is 0 Å². The first-order valence-electron chi connectivity index (χ1n) is 19.5. The molecule has 11 heteroatoms. The van der Waals surface area contributed by atoms with Crippen LogP contribution in [0.25, 0.3) is 0 Å². The lowest BCUT2D eigenvalue weighted by atomic mass is 9.82. The molecule has 0 aromatic heterocycles. The predicted octanol–water partition coefficient (Wildman–Crippen LogP) is 6.76. The van der Waals surface area contributed by atoms with E-state index in [1.807, 2.05) is 72.8 Å². The highest BCUT2D eigenvalue weighted by Gasteiger charge is 2.67. The summed E-state index contributed by atoms with van der Waals surface area (Å²) in [5.41, 5.74) is 9.87. The lowest BCUT2D eigenvalue weighted by Crippen LogP contribution is -2.52. The summed E-state index contributed by atoms with van der Waals surface area (Å²) in [5, 5.41) is 14.7. The summed E-state index contributed by atoms with van der Waals surface area (Å²) >= 11 is 0. The van der Waals surface area contributed by atoms with Crippen molar-refractivity contribution in [3.63, 3.8) is 0 Å². The topological polar surface area (TPSA) is 134 Å². The van der Waals surface area contributed by atoms with Crippen molar-refractivity contribution in [3.8, 4) is 5.75 Å². The van der Waals surface area contributed by atoms with E-state index in [4.69, 9.17) is 15.2 Å². The Labute approximate surface area is 334 Å². The summed E-state index contributed by atoms with van der Waals surface area (Å²) in [6.07, 6.45) is -0.0557. The van der Waals surface area contributed by atoms with Gasteiger partial charge in [0.1, 0.15) is 5.75 Å². The molecule has 4 N–H and O–H groups in total. The van der Waals surface area contributed by atoms with Gasteiger partial charge in [0.2, 0.25) is 5.91 Å². The maximum atomic E-state index is 15.4. The Bertz CT molecular complexity index is 2320. The van der Waals surface area contributed by atoms with Crippen molar-refractivity contribution in [2.24, 2.45) is 5.92 Å². The number of methoxy groups -OCH3 is 1. The smallest absolute Gasteiger partial charge is 0.268 e. The van der Waals surface area contributed by atoms with Gasteiger partial charge in [-0.15, -0.1) is 0 Å². The summed E-state index contributed by atoms with van der Waals surface area (Å²) in [4.78, 5) is 47.0. The number of nitrogens with one attached hydrogen (secondary N) is 1. The van der Waals surface area contributed by atoms with Gasteiger partial charge in [0, 0.05) is 40.7 Å². The fourth-order valence-electron chi connectivity index (χ4n) is 9.52. The number of nitrogens with zero attached hydrogens (tertiary/aromatic N) is 2. The van der Waals surface area contributed by atoms with Gasteiger partial charge in [0.05, 0.1) is 46.0 Å². The Hall–Kier alpha value is -5.75. The second-order valence-electron chi connectivity index (χ2n) is 16.0. The van der Waals surface area contributed by atoms with Crippen LogP contribution in [0.15, 0.2) is 121 Å². The molecule has 0 bridgehead atoms. The van der Waals surface area contributed by atoms with Crippen LogP contribution in [0.5, 0.6) is 5.75 Å². The summed E-state index contributed by atoms with van der Waals surface area (Å²) in [6, 6.07) is 37.5. The standard InChI is InChI=1S/C46H48N4O6Si/c1-29-43(57(3,4)38-21-19-37(55-2)20-22-38)41(26-42(52)49-27-32-11-9-8-10-31(32)24-36(49)28-51)56-46(29)39-25-34(48-44(53)30-14-16-33(47)17-15-30)18-23-40(39)50(45(46)54)35-12-6-5-7-13-35/h5-23,25,29,36,41,43,51H,24,26-28,47H2,1-4H3,(H,48,53)/t29-,36+,41+,43-,46+/m1/s1. The highest BCUT2D eigenvalue weighted by Crippen LogP contribution is 2.61. The van der Waals surface area contributed by atoms with Gasteiger partial charge in [-0.1, -0.05) is 79.8 Å². The molecule has 5 aromatic rings. The Morgan fingerprint density at radius 3 is 2.30 bits per heavy atom. The SMILES string of the molecule is COc1ccc([Si](C)(C)[C@H]2[C@H](CC(=O)N3Cc4ccccc4C[C@H]3CO)O[C@@]3(C(=O)N(c4ccccc4)c4ccc(NC(=O)c5ccc(N)cc5)cc43)[C@@H]2C)cc1. The number of carbonyl (C=O) groups is 3. The van der Waals surface area contributed by atoms with Crippen LogP contribution in [-0.4, -0.2) is 61.7 Å². The number of hydrogen-bond donors (Lipinski definition) is 3. The quantitative estimate of drug-likeness (QED) is 0.111. The van der Waals surface area contributed by atoms with E-state index in [1.165, 1.54) is 0 Å². The second kappa shape index (κ2) is 15.0. The van der Waals surface area contributed by atoms with Gasteiger partial charge >= 0.3 is 0 Å². The Morgan fingerprint density at radius 1 is 0.930 bits per heavy atom. The van der Waals surface area contributed by atoms with Crippen LogP contribution in [0.3, 0.4) is 0 Å². The van der Waals surface area contributed by atoms with E-state index in [1.54, 1.807) is 47.2 Å². The number of nitrogens with two attached hydrogens (primary N) is 1. The zero-order chi connectivity index (χ0) is 40.1. The molecular formula is C46H48N4O6Si. The van der Waals surface area contributed by atoms with Gasteiger partial charge in [-0.2, -0.15) is 0 Å². The lowest BCUT2D eigenvalue weighted by molar-refractivity contribution is -0.150. The summed E-state index contributed by atoms with van der Waals surface area (Å²) in [7, 11) is -0.952. The van der Waals surface area contributed by atoms with Crippen molar-refractivity contribution in [2.45, 2.75) is 62.7 Å². The molecule has 0 saturated carbocycles. The van der Waals surface area contributed by atoms with E-state index < -0.39 is 25.7 Å². The average molecular weight is 781 g/mol. The van der Waals surface area contributed by atoms with Gasteiger partial charge in [0.15, 0.2) is 5.60 Å². The third kappa shape index (κ3) is 6.59. The van der Waals surface area contributed by atoms with Crippen LogP contribution < -0.4 is 25.9 Å². The van der Waals surface area contributed by atoms with E-state index in [0.717, 1.165) is 22.1 Å². The largest absolute Gasteiger partial charge is 0.497 e. The van der Waals surface area contributed by atoms with Crippen molar-refractivity contribution >= 4 is 53.7 Å². The van der Waals surface area contributed by atoms with E-state index >= 15 is 4.79 Å². The van der Waals surface area contributed by atoms with Crippen LogP contribution in [0.4, 0.5) is 22.7 Å². The molecule has 3 heterocycles. The first-order chi connectivity index (χ1) is 27.5.